The summed E-state index contributed by atoms with van der Waals surface area (Å²) in [7, 11) is 6.18. The SMILES string of the molecule is COc1cc2cc(C(=O)CCC(=O)OCCSSCCNC(=O)CO)sc2cc1OC. The van der Waals surface area contributed by atoms with Crippen molar-refractivity contribution >= 4 is 60.7 Å². The summed E-state index contributed by atoms with van der Waals surface area (Å²) < 4.78 is 16.6. The van der Waals surface area contributed by atoms with Gasteiger partial charge in [-0.2, -0.15) is 0 Å². The smallest absolute Gasteiger partial charge is 0.306 e. The van der Waals surface area contributed by atoms with Gasteiger partial charge in [-0.15, -0.1) is 11.3 Å². The minimum atomic E-state index is -0.511. The van der Waals surface area contributed by atoms with E-state index >= 15 is 0 Å². The van der Waals surface area contributed by atoms with Crippen molar-refractivity contribution in [2.24, 2.45) is 0 Å². The Kier molecular flexibility index (Phi) is 11.0. The van der Waals surface area contributed by atoms with Crippen LogP contribution in [-0.2, 0) is 14.3 Å². The zero-order chi connectivity index (χ0) is 22.6. The first-order chi connectivity index (χ1) is 15.0. The number of carbonyl (C=O) groups excluding carboxylic acids is 3. The Balaban J connectivity index is 1.67. The number of ether oxygens (including phenoxy) is 3. The van der Waals surface area contributed by atoms with E-state index in [1.807, 2.05) is 12.1 Å². The molecule has 0 saturated heterocycles. The Morgan fingerprint density at radius 1 is 1.03 bits per heavy atom. The van der Waals surface area contributed by atoms with Crippen LogP contribution in [0.1, 0.15) is 22.5 Å². The van der Waals surface area contributed by atoms with Gasteiger partial charge in [0.1, 0.15) is 13.2 Å². The number of nitrogens with one attached hydrogen (secondary N) is 1. The van der Waals surface area contributed by atoms with Crippen molar-refractivity contribution in [1.82, 2.24) is 5.32 Å². The highest BCUT2D eigenvalue weighted by Gasteiger charge is 2.15. The van der Waals surface area contributed by atoms with E-state index in [0.717, 1.165) is 10.1 Å². The van der Waals surface area contributed by atoms with E-state index in [1.54, 1.807) is 20.3 Å². The summed E-state index contributed by atoms with van der Waals surface area (Å²) in [5.41, 5.74) is 0. The van der Waals surface area contributed by atoms with Gasteiger partial charge in [0.05, 0.1) is 25.5 Å². The highest BCUT2D eigenvalue weighted by atomic mass is 33.1. The molecule has 2 rings (SSSR count). The van der Waals surface area contributed by atoms with Crippen LogP contribution in [0.4, 0.5) is 0 Å². The Morgan fingerprint density at radius 3 is 2.45 bits per heavy atom. The van der Waals surface area contributed by atoms with Gasteiger partial charge in [-0.1, -0.05) is 21.6 Å². The number of hydrogen-bond donors (Lipinski definition) is 2. The first-order valence-corrected chi connectivity index (χ1v) is 12.7. The average Bonchev–Trinajstić information content (AvgIpc) is 3.20. The molecule has 0 aliphatic heterocycles. The third-order valence-corrected chi connectivity index (χ3v) is 7.53. The molecule has 31 heavy (non-hydrogen) atoms. The van der Waals surface area contributed by atoms with Crippen LogP contribution >= 0.6 is 32.9 Å². The van der Waals surface area contributed by atoms with E-state index in [0.29, 0.717) is 34.4 Å². The Hall–Kier alpha value is -1.95. The van der Waals surface area contributed by atoms with Gasteiger partial charge < -0.3 is 24.6 Å². The van der Waals surface area contributed by atoms with Crippen LogP contribution in [0.3, 0.4) is 0 Å². The minimum absolute atomic E-state index is 0.0325. The van der Waals surface area contributed by atoms with Crippen molar-refractivity contribution in [2.45, 2.75) is 12.8 Å². The van der Waals surface area contributed by atoms with E-state index in [2.05, 4.69) is 5.32 Å². The van der Waals surface area contributed by atoms with Gasteiger partial charge in [0.2, 0.25) is 5.91 Å². The molecule has 0 fully saturated rings. The lowest BCUT2D eigenvalue weighted by atomic mass is 10.1. The summed E-state index contributed by atoms with van der Waals surface area (Å²) in [4.78, 5) is 35.8. The largest absolute Gasteiger partial charge is 0.493 e. The average molecular weight is 488 g/mol. The second-order valence-corrected chi connectivity index (χ2v) is 9.94. The van der Waals surface area contributed by atoms with Crippen molar-refractivity contribution in [3.63, 3.8) is 0 Å². The first-order valence-electron chi connectivity index (χ1n) is 9.44. The van der Waals surface area contributed by atoms with Crippen molar-refractivity contribution in [3.8, 4) is 11.5 Å². The molecule has 1 aromatic heterocycles. The van der Waals surface area contributed by atoms with Crippen molar-refractivity contribution in [2.75, 3.05) is 45.5 Å². The van der Waals surface area contributed by atoms with Crippen molar-refractivity contribution < 1.29 is 33.7 Å². The topological polar surface area (TPSA) is 111 Å². The molecule has 8 nitrogen and oxygen atoms in total. The van der Waals surface area contributed by atoms with Gasteiger partial charge in [-0.25, -0.2) is 0 Å². The molecule has 2 N–H and O–H groups in total. The highest BCUT2D eigenvalue weighted by molar-refractivity contribution is 8.76. The van der Waals surface area contributed by atoms with Crippen LogP contribution in [0.5, 0.6) is 11.5 Å². The fourth-order valence-corrected chi connectivity index (χ4v) is 5.28. The van der Waals surface area contributed by atoms with Gasteiger partial charge in [0.15, 0.2) is 17.3 Å². The number of hydrogen-bond acceptors (Lipinski definition) is 10. The lowest BCUT2D eigenvalue weighted by Crippen LogP contribution is -2.28. The second-order valence-electron chi connectivity index (χ2n) is 6.15. The van der Waals surface area contributed by atoms with E-state index in [-0.39, 0.29) is 25.2 Å². The van der Waals surface area contributed by atoms with Crippen LogP contribution in [0.25, 0.3) is 10.1 Å². The summed E-state index contributed by atoms with van der Waals surface area (Å²) in [5, 5.41) is 12.0. The summed E-state index contributed by atoms with van der Waals surface area (Å²) in [6.07, 6.45) is 0.122. The number of rotatable bonds is 14. The number of amides is 1. The van der Waals surface area contributed by atoms with Gasteiger partial charge in [0, 0.05) is 35.2 Å². The van der Waals surface area contributed by atoms with Gasteiger partial charge >= 0.3 is 5.97 Å². The van der Waals surface area contributed by atoms with E-state index in [9.17, 15) is 14.4 Å². The number of esters is 1. The third kappa shape index (κ3) is 8.24. The highest BCUT2D eigenvalue weighted by Crippen LogP contribution is 2.36. The molecule has 0 spiro atoms. The Morgan fingerprint density at radius 2 is 1.74 bits per heavy atom. The van der Waals surface area contributed by atoms with Crippen LogP contribution in [-0.4, -0.2) is 68.3 Å². The van der Waals surface area contributed by atoms with Crippen LogP contribution in [0.15, 0.2) is 18.2 Å². The predicted molar refractivity (Wildman–Crippen MR) is 124 cm³/mol. The maximum absolute atomic E-state index is 12.5. The summed E-state index contributed by atoms with van der Waals surface area (Å²) in [6, 6.07) is 5.46. The summed E-state index contributed by atoms with van der Waals surface area (Å²) in [6.45, 7) is 0.217. The Bertz CT molecular complexity index is 859. The fraction of sp³-hybridized carbons (Fsp3) is 0.450. The summed E-state index contributed by atoms with van der Waals surface area (Å²) >= 11 is 1.36. The monoisotopic (exact) mass is 487 g/mol. The number of aliphatic hydroxyl groups excluding tert-OH is 1. The number of methoxy groups -OCH3 is 2. The van der Waals surface area contributed by atoms with Gasteiger partial charge in [-0.05, 0) is 17.5 Å². The number of aliphatic hydroxyl groups is 1. The zero-order valence-electron chi connectivity index (χ0n) is 17.3. The molecule has 0 atom stereocenters. The van der Waals surface area contributed by atoms with Crippen molar-refractivity contribution in [3.05, 3.63) is 23.1 Å². The molecule has 11 heteroatoms. The number of Topliss-reactive ketones (excluding diaryl/α,β-unsaturated/α-hetero) is 1. The van der Waals surface area contributed by atoms with E-state index in [1.165, 1.54) is 32.9 Å². The molecular weight excluding hydrogens is 462 g/mol. The van der Waals surface area contributed by atoms with Crippen LogP contribution in [0.2, 0.25) is 0 Å². The number of ketones is 1. The van der Waals surface area contributed by atoms with Crippen molar-refractivity contribution in [1.29, 1.82) is 0 Å². The predicted octanol–water partition coefficient (Wildman–Crippen LogP) is 2.91. The van der Waals surface area contributed by atoms with Gasteiger partial charge in [0.25, 0.3) is 0 Å². The molecule has 2 aromatic rings. The molecular formula is C20H25NO7S3. The normalized spacial score (nSPS) is 10.7. The standard InChI is InChI=1S/C20H25NO7S3/c1-26-15-9-13-10-18(31-17(13)11-16(15)27-2)14(23)3-4-20(25)28-6-8-30-29-7-5-21-19(24)12-22/h9-11,22H,3-8,12H2,1-2H3,(H,21,24). The van der Waals surface area contributed by atoms with E-state index < -0.39 is 18.5 Å². The number of benzene rings is 1. The number of fused-ring (bicyclic) bond motifs is 1. The molecule has 1 amide bonds. The van der Waals surface area contributed by atoms with Crippen LogP contribution < -0.4 is 14.8 Å². The lowest BCUT2D eigenvalue weighted by molar-refractivity contribution is -0.142. The van der Waals surface area contributed by atoms with Gasteiger partial charge in [-0.3, -0.25) is 14.4 Å². The molecule has 0 unspecified atom stereocenters. The molecule has 1 heterocycles. The number of carbonyl (C=O) groups is 3. The molecule has 0 aliphatic carbocycles. The maximum atomic E-state index is 12.5. The zero-order valence-corrected chi connectivity index (χ0v) is 19.8. The third-order valence-electron chi connectivity index (χ3n) is 4.02. The second kappa shape index (κ2) is 13.5. The first kappa shape index (κ1) is 25.3. The molecule has 0 saturated carbocycles. The maximum Gasteiger partial charge on any atom is 0.306 e. The molecule has 0 bridgehead atoms. The number of thiophene rings is 1. The molecule has 170 valence electrons. The quantitative estimate of drug-likeness (QED) is 0.180. The fourth-order valence-electron chi connectivity index (χ4n) is 2.51. The van der Waals surface area contributed by atoms with Crippen LogP contribution in [0, 0.1) is 0 Å². The van der Waals surface area contributed by atoms with E-state index in [4.69, 9.17) is 19.3 Å². The Labute approximate surface area is 192 Å². The molecule has 0 aliphatic rings. The minimum Gasteiger partial charge on any atom is -0.493 e. The summed E-state index contributed by atoms with van der Waals surface area (Å²) in [5.74, 6) is 1.59. The lowest BCUT2D eigenvalue weighted by Gasteiger charge is -2.06. The molecule has 0 radical (unpaired) electrons. The molecule has 1 aromatic carbocycles.